The Kier molecular flexibility index (Phi) is 6.21. The van der Waals surface area contributed by atoms with E-state index in [1.54, 1.807) is 49.6 Å². The fourth-order valence-electron chi connectivity index (χ4n) is 3.14. The van der Waals surface area contributed by atoms with E-state index in [9.17, 15) is 13.2 Å². The van der Waals surface area contributed by atoms with Gasteiger partial charge in [0.2, 0.25) is 10.0 Å². The molecule has 0 unspecified atom stereocenters. The number of nitrogens with zero attached hydrogens (tertiary/aromatic N) is 1. The van der Waals surface area contributed by atoms with Crippen molar-refractivity contribution in [1.82, 2.24) is 4.31 Å². The van der Waals surface area contributed by atoms with Gasteiger partial charge in [0.25, 0.3) is 5.91 Å². The Hall–Kier alpha value is -2.58. The van der Waals surface area contributed by atoms with Crippen molar-refractivity contribution in [2.45, 2.75) is 18.6 Å². The number of carbonyl (C=O) groups excluding carboxylic acids is 1. The molecular formula is C20H24N2O5S. The van der Waals surface area contributed by atoms with E-state index in [2.05, 4.69) is 5.32 Å². The third kappa shape index (κ3) is 4.63. The number of methoxy groups -OCH3 is 2. The maximum absolute atomic E-state index is 12.5. The Balaban J connectivity index is 1.67. The molecule has 0 aromatic heterocycles. The van der Waals surface area contributed by atoms with Crippen molar-refractivity contribution in [2.24, 2.45) is 0 Å². The summed E-state index contributed by atoms with van der Waals surface area (Å²) in [6.45, 7) is 1.18. The first-order valence-corrected chi connectivity index (χ1v) is 10.6. The van der Waals surface area contributed by atoms with Crippen LogP contribution in [0.1, 0.15) is 28.8 Å². The summed E-state index contributed by atoms with van der Waals surface area (Å²) >= 11 is 0. The number of hydrogen-bond donors (Lipinski definition) is 1. The van der Waals surface area contributed by atoms with Crippen molar-refractivity contribution in [3.8, 4) is 11.5 Å². The maximum atomic E-state index is 12.5. The van der Waals surface area contributed by atoms with Crippen LogP contribution >= 0.6 is 0 Å². The zero-order chi connectivity index (χ0) is 20.1. The molecule has 2 aromatic rings. The largest absolute Gasteiger partial charge is 0.493 e. The van der Waals surface area contributed by atoms with Crippen molar-refractivity contribution >= 4 is 21.6 Å². The summed E-state index contributed by atoms with van der Waals surface area (Å²) in [7, 11) is -0.233. The van der Waals surface area contributed by atoms with E-state index >= 15 is 0 Å². The summed E-state index contributed by atoms with van der Waals surface area (Å²) in [4.78, 5) is 12.5. The van der Waals surface area contributed by atoms with Crippen molar-refractivity contribution in [3.63, 3.8) is 0 Å². The monoisotopic (exact) mass is 404 g/mol. The fraction of sp³-hybridized carbons (Fsp3) is 0.350. The minimum atomic E-state index is -3.30. The van der Waals surface area contributed by atoms with E-state index in [1.807, 2.05) is 0 Å². The Morgan fingerprint density at radius 3 is 2.25 bits per heavy atom. The molecule has 1 amide bonds. The average Bonchev–Trinajstić information content (AvgIpc) is 3.24. The average molecular weight is 404 g/mol. The van der Waals surface area contributed by atoms with Crippen LogP contribution in [-0.2, 0) is 15.8 Å². The normalized spacial score (nSPS) is 14.6. The first-order chi connectivity index (χ1) is 13.4. The number of rotatable bonds is 7. The third-order valence-electron chi connectivity index (χ3n) is 4.67. The number of ether oxygens (including phenoxy) is 2. The van der Waals surface area contributed by atoms with Crippen LogP contribution in [0.25, 0.3) is 0 Å². The maximum Gasteiger partial charge on any atom is 0.255 e. The van der Waals surface area contributed by atoms with Gasteiger partial charge in [-0.2, -0.15) is 0 Å². The molecule has 1 N–H and O–H groups in total. The Morgan fingerprint density at radius 2 is 1.64 bits per heavy atom. The van der Waals surface area contributed by atoms with E-state index < -0.39 is 10.0 Å². The molecule has 7 nitrogen and oxygen atoms in total. The molecule has 1 fully saturated rings. The van der Waals surface area contributed by atoms with Gasteiger partial charge >= 0.3 is 0 Å². The summed E-state index contributed by atoms with van der Waals surface area (Å²) < 4.78 is 36.7. The quantitative estimate of drug-likeness (QED) is 0.767. The van der Waals surface area contributed by atoms with Gasteiger partial charge in [0, 0.05) is 30.4 Å². The Morgan fingerprint density at radius 1 is 1.00 bits per heavy atom. The molecule has 1 aliphatic heterocycles. The number of sulfonamides is 1. The topological polar surface area (TPSA) is 84.9 Å². The lowest BCUT2D eigenvalue weighted by atomic mass is 10.1. The zero-order valence-corrected chi connectivity index (χ0v) is 16.8. The van der Waals surface area contributed by atoms with Crippen LogP contribution in [0.15, 0.2) is 42.5 Å². The predicted molar refractivity (Wildman–Crippen MR) is 107 cm³/mol. The van der Waals surface area contributed by atoms with Crippen LogP contribution in [0, 0.1) is 0 Å². The van der Waals surface area contributed by atoms with Gasteiger partial charge in [0.1, 0.15) is 0 Å². The van der Waals surface area contributed by atoms with Gasteiger partial charge in [0.15, 0.2) is 11.5 Å². The highest BCUT2D eigenvalue weighted by atomic mass is 32.2. The van der Waals surface area contributed by atoms with Crippen molar-refractivity contribution < 1.29 is 22.7 Å². The van der Waals surface area contributed by atoms with Gasteiger partial charge in [-0.3, -0.25) is 4.79 Å². The molecule has 0 bridgehead atoms. The summed E-state index contributed by atoms with van der Waals surface area (Å²) in [5, 5.41) is 2.80. The summed E-state index contributed by atoms with van der Waals surface area (Å²) in [5.41, 5.74) is 1.68. The molecule has 0 spiro atoms. The lowest BCUT2D eigenvalue weighted by Gasteiger charge is -2.15. The standard InChI is InChI=1S/C20H24N2O5S/c1-26-18-10-9-17(13-19(18)27-2)21-20(23)16-7-5-15(6-8-16)14-28(24,25)22-11-3-4-12-22/h5-10,13H,3-4,11-12,14H2,1-2H3,(H,21,23). The molecule has 28 heavy (non-hydrogen) atoms. The molecule has 1 saturated heterocycles. The minimum absolute atomic E-state index is 0.0510. The number of benzene rings is 2. The van der Waals surface area contributed by atoms with Gasteiger partial charge in [-0.05, 0) is 42.7 Å². The summed E-state index contributed by atoms with van der Waals surface area (Å²) in [5.74, 6) is 0.748. The van der Waals surface area contributed by atoms with Gasteiger partial charge < -0.3 is 14.8 Å². The van der Waals surface area contributed by atoms with E-state index in [-0.39, 0.29) is 11.7 Å². The van der Waals surface area contributed by atoms with Gasteiger partial charge in [0.05, 0.1) is 20.0 Å². The van der Waals surface area contributed by atoms with Crippen molar-refractivity contribution in [1.29, 1.82) is 0 Å². The molecule has 2 aromatic carbocycles. The highest BCUT2D eigenvalue weighted by Gasteiger charge is 2.25. The van der Waals surface area contributed by atoms with Crippen LogP contribution in [0.5, 0.6) is 11.5 Å². The summed E-state index contributed by atoms with van der Waals surface area (Å²) in [6.07, 6.45) is 1.82. The van der Waals surface area contributed by atoms with Crippen LogP contribution < -0.4 is 14.8 Å². The van der Waals surface area contributed by atoms with Crippen LogP contribution in [0.2, 0.25) is 0 Å². The Labute approximate surface area is 165 Å². The first-order valence-electron chi connectivity index (χ1n) is 9.03. The molecule has 0 saturated carbocycles. The van der Waals surface area contributed by atoms with Crippen molar-refractivity contribution in [2.75, 3.05) is 32.6 Å². The number of hydrogen-bond acceptors (Lipinski definition) is 5. The molecule has 150 valence electrons. The number of nitrogens with one attached hydrogen (secondary N) is 1. The second-order valence-corrected chi connectivity index (χ2v) is 8.55. The highest BCUT2D eigenvalue weighted by molar-refractivity contribution is 7.88. The molecule has 8 heteroatoms. The molecule has 0 atom stereocenters. The molecule has 0 aliphatic carbocycles. The van der Waals surface area contributed by atoms with E-state index in [1.165, 1.54) is 11.4 Å². The molecule has 0 radical (unpaired) electrons. The zero-order valence-electron chi connectivity index (χ0n) is 16.0. The van der Waals surface area contributed by atoms with Gasteiger partial charge in [-0.1, -0.05) is 12.1 Å². The van der Waals surface area contributed by atoms with E-state index in [0.717, 1.165) is 12.8 Å². The fourth-order valence-corrected chi connectivity index (χ4v) is 4.75. The predicted octanol–water partition coefficient (Wildman–Crippen LogP) is 2.88. The Bertz CT molecular complexity index is 936. The van der Waals surface area contributed by atoms with Crippen LogP contribution in [0.4, 0.5) is 5.69 Å². The number of carbonyl (C=O) groups is 1. The van der Waals surface area contributed by atoms with Gasteiger partial charge in [-0.15, -0.1) is 0 Å². The second-order valence-electron chi connectivity index (χ2n) is 6.58. The molecule has 1 heterocycles. The third-order valence-corrected chi connectivity index (χ3v) is 6.52. The number of anilines is 1. The first kappa shape index (κ1) is 20.2. The van der Waals surface area contributed by atoms with E-state index in [4.69, 9.17) is 9.47 Å². The number of amides is 1. The smallest absolute Gasteiger partial charge is 0.255 e. The molecule has 1 aliphatic rings. The van der Waals surface area contributed by atoms with E-state index in [0.29, 0.717) is 41.4 Å². The van der Waals surface area contributed by atoms with Crippen molar-refractivity contribution in [3.05, 3.63) is 53.6 Å². The van der Waals surface area contributed by atoms with Crippen LogP contribution in [0.3, 0.4) is 0 Å². The lowest BCUT2D eigenvalue weighted by molar-refractivity contribution is 0.102. The lowest BCUT2D eigenvalue weighted by Crippen LogP contribution is -2.29. The summed E-state index contributed by atoms with van der Waals surface area (Å²) in [6, 6.07) is 11.7. The van der Waals surface area contributed by atoms with Crippen LogP contribution in [-0.4, -0.2) is 45.9 Å². The second kappa shape index (κ2) is 8.62. The minimum Gasteiger partial charge on any atom is -0.493 e. The molecule has 3 rings (SSSR count). The van der Waals surface area contributed by atoms with Gasteiger partial charge in [-0.25, -0.2) is 12.7 Å². The SMILES string of the molecule is COc1ccc(NC(=O)c2ccc(CS(=O)(=O)N3CCCC3)cc2)cc1OC. The highest BCUT2D eigenvalue weighted by Crippen LogP contribution is 2.30. The molecular weight excluding hydrogens is 380 g/mol.